The van der Waals surface area contributed by atoms with E-state index in [0.717, 1.165) is 37.7 Å². The Bertz CT molecular complexity index is 1030. The van der Waals surface area contributed by atoms with Gasteiger partial charge in [-0.05, 0) is 67.6 Å². The van der Waals surface area contributed by atoms with Crippen molar-refractivity contribution in [2.75, 3.05) is 25.0 Å². The molecular formula is C25H32N2O5S. The third-order valence-corrected chi connectivity index (χ3v) is 7.57. The van der Waals surface area contributed by atoms with Crippen molar-refractivity contribution in [1.82, 2.24) is 4.31 Å². The van der Waals surface area contributed by atoms with Gasteiger partial charge in [0.2, 0.25) is 15.9 Å². The van der Waals surface area contributed by atoms with Gasteiger partial charge in [-0.1, -0.05) is 31.9 Å². The predicted molar refractivity (Wildman–Crippen MR) is 128 cm³/mol. The number of unbranched alkanes of at least 4 members (excludes halogenated alkanes) is 1. The molecule has 2 aromatic rings. The number of carbonyl (C=O) groups excluding carboxylic acids is 2. The van der Waals surface area contributed by atoms with Gasteiger partial charge in [-0.25, -0.2) is 13.2 Å². The lowest BCUT2D eigenvalue weighted by Gasteiger charge is -2.25. The molecule has 0 aliphatic carbocycles. The molecule has 0 unspecified atom stereocenters. The second-order valence-corrected chi connectivity index (χ2v) is 10.2. The number of amides is 1. The number of hydrogen-bond donors (Lipinski definition) is 1. The molecule has 1 N–H and O–H groups in total. The van der Waals surface area contributed by atoms with Gasteiger partial charge in [0.25, 0.3) is 0 Å². The smallest absolute Gasteiger partial charge is 0.338 e. The molecule has 7 nitrogen and oxygen atoms in total. The number of nitrogens with one attached hydrogen (secondary N) is 1. The molecule has 33 heavy (non-hydrogen) atoms. The van der Waals surface area contributed by atoms with Crippen LogP contribution in [0.3, 0.4) is 0 Å². The lowest BCUT2D eigenvalue weighted by molar-refractivity contribution is -0.116. The minimum absolute atomic E-state index is 0.154. The molecule has 1 fully saturated rings. The molecule has 0 spiro atoms. The van der Waals surface area contributed by atoms with Crippen LogP contribution in [0.5, 0.6) is 0 Å². The first-order valence-electron chi connectivity index (χ1n) is 11.6. The number of rotatable bonds is 10. The highest BCUT2D eigenvalue weighted by molar-refractivity contribution is 7.89. The fourth-order valence-corrected chi connectivity index (χ4v) is 5.16. The van der Waals surface area contributed by atoms with E-state index in [1.807, 2.05) is 6.92 Å². The molecular weight excluding hydrogens is 440 g/mol. The molecule has 0 saturated carbocycles. The average Bonchev–Trinajstić information content (AvgIpc) is 2.84. The van der Waals surface area contributed by atoms with Gasteiger partial charge in [0, 0.05) is 25.2 Å². The van der Waals surface area contributed by atoms with Crippen LogP contribution in [0.15, 0.2) is 53.4 Å². The van der Waals surface area contributed by atoms with Crippen LogP contribution in [0, 0.1) is 0 Å². The zero-order valence-corrected chi connectivity index (χ0v) is 19.9. The highest BCUT2D eigenvalue weighted by Crippen LogP contribution is 2.21. The summed E-state index contributed by atoms with van der Waals surface area (Å²) in [4.78, 5) is 24.5. The van der Waals surface area contributed by atoms with Gasteiger partial charge in [-0.2, -0.15) is 4.31 Å². The Hall–Kier alpha value is -2.71. The maximum atomic E-state index is 12.7. The quantitative estimate of drug-likeness (QED) is 0.409. The van der Waals surface area contributed by atoms with Gasteiger partial charge < -0.3 is 10.1 Å². The van der Waals surface area contributed by atoms with Crippen molar-refractivity contribution in [2.24, 2.45) is 0 Å². The van der Waals surface area contributed by atoms with Gasteiger partial charge >= 0.3 is 5.97 Å². The fraction of sp³-hybridized carbons (Fsp3) is 0.440. The third-order valence-electron chi connectivity index (χ3n) is 5.65. The minimum atomic E-state index is -3.45. The zero-order chi connectivity index (χ0) is 23.7. The van der Waals surface area contributed by atoms with Crippen LogP contribution < -0.4 is 5.32 Å². The first kappa shape index (κ1) is 24.9. The average molecular weight is 473 g/mol. The summed E-state index contributed by atoms with van der Waals surface area (Å²) in [5.41, 5.74) is 1.95. The van der Waals surface area contributed by atoms with Crippen molar-refractivity contribution in [3.8, 4) is 0 Å². The highest BCUT2D eigenvalue weighted by atomic mass is 32.2. The van der Waals surface area contributed by atoms with E-state index < -0.39 is 10.0 Å². The molecule has 1 amide bonds. The van der Waals surface area contributed by atoms with E-state index in [0.29, 0.717) is 42.3 Å². The Morgan fingerprint density at radius 2 is 1.64 bits per heavy atom. The van der Waals surface area contributed by atoms with Gasteiger partial charge in [-0.3, -0.25) is 4.79 Å². The molecule has 1 aliphatic heterocycles. The van der Waals surface area contributed by atoms with Gasteiger partial charge in [0.15, 0.2) is 0 Å². The molecule has 1 aliphatic rings. The summed E-state index contributed by atoms with van der Waals surface area (Å²) in [5.74, 6) is -0.523. The van der Waals surface area contributed by atoms with Crippen LogP contribution in [-0.2, 0) is 26.0 Å². The number of carbonyl (C=O) groups is 2. The first-order valence-corrected chi connectivity index (χ1v) is 13.0. The number of anilines is 1. The van der Waals surface area contributed by atoms with E-state index >= 15 is 0 Å². The van der Waals surface area contributed by atoms with E-state index in [9.17, 15) is 18.0 Å². The molecule has 2 aromatic carbocycles. The topological polar surface area (TPSA) is 92.8 Å². The second-order valence-electron chi connectivity index (χ2n) is 8.22. The van der Waals surface area contributed by atoms with Gasteiger partial charge in [-0.15, -0.1) is 0 Å². The molecule has 0 radical (unpaired) electrons. The molecule has 0 bridgehead atoms. The van der Waals surface area contributed by atoms with Gasteiger partial charge in [0.05, 0.1) is 17.1 Å². The van der Waals surface area contributed by atoms with Crippen LogP contribution in [0.2, 0.25) is 0 Å². The van der Waals surface area contributed by atoms with Crippen molar-refractivity contribution in [3.63, 3.8) is 0 Å². The Kier molecular flexibility index (Phi) is 9.03. The Labute approximate surface area is 196 Å². The van der Waals surface area contributed by atoms with Crippen LogP contribution in [-0.4, -0.2) is 44.3 Å². The summed E-state index contributed by atoms with van der Waals surface area (Å²) in [5, 5.41) is 2.82. The van der Waals surface area contributed by atoms with Crippen molar-refractivity contribution in [3.05, 3.63) is 59.7 Å². The number of esters is 1. The number of benzene rings is 2. The SMILES string of the molecule is CCCCOC(=O)c1ccc(NC(=O)CCc2ccc(S(=O)(=O)N3CCCCC3)cc2)cc1. The maximum absolute atomic E-state index is 12.7. The van der Waals surface area contributed by atoms with Crippen molar-refractivity contribution >= 4 is 27.6 Å². The van der Waals surface area contributed by atoms with Gasteiger partial charge in [0.1, 0.15) is 0 Å². The van der Waals surface area contributed by atoms with Crippen molar-refractivity contribution < 1.29 is 22.7 Å². The molecule has 0 atom stereocenters. The van der Waals surface area contributed by atoms with E-state index in [1.54, 1.807) is 52.8 Å². The maximum Gasteiger partial charge on any atom is 0.338 e. The zero-order valence-electron chi connectivity index (χ0n) is 19.1. The molecule has 0 aromatic heterocycles. The summed E-state index contributed by atoms with van der Waals surface area (Å²) in [7, 11) is -3.45. The van der Waals surface area contributed by atoms with E-state index in [-0.39, 0.29) is 18.3 Å². The van der Waals surface area contributed by atoms with E-state index in [4.69, 9.17) is 4.74 Å². The third kappa shape index (κ3) is 7.14. The lowest BCUT2D eigenvalue weighted by Crippen LogP contribution is -2.35. The number of nitrogens with zero attached hydrogens (tertiary/aromatic N) is 1. The molecule has 3 rings (SSSR count). The molecule has 1 heterocycles. The molecule has 8 heteroatoms. The fourth-order valence-electron chi connectivity index (χ4n) is 3.65. The summed E-state index contributed by atoms with van der Waals surface area (Å²) in [6.07, 6.45) is 5.42. The standard InChI is InChI=1S/C25H32N2O5S/c1-2-3-19-32-25(29)21-10-12-22(13-11-21)26-24(28)16-9-20-7-14-23(15-8-20)33(30,31)27-17-5-4-6-18-27/h7-8,10-15H,2-6,9,16-19H2,1H3,(H,26,28). The number of sulfonamides is 1. The van der Waals surface area contributed by atoms with Crippen molar-refractivity contribution in [1.29, 1.82) is 0 Å². The second kappa shape index (κ2) is 12.0. The van der Waals surface area contributed by atoms with E-state index in [1.165, 1.54) is 0 Å². The normalized spacial score (nSPS) is 14.6. The lowest BCUT2D eigenvalue weighted by atomic mass is 10.1. The van der Waals surface area contributed by atoms with Crippen LogP contribution in [0.1, 0.15) is 61.4 Å². The summed E-state index contributed by atoms with van der Waals surface area (Å²) >= 11 is 0. The molecule has 178 valence electrons. The number of ether oxygens (including phenoxy) is 1. The Morgan fingerprint density at radius 1 is 0.970 bits per heavy atom. The summed E-state index contributed by atoms with van der Waals surface area (Å²) < 4.78 is 32.2. The van der Waals surface area contributed by atoms with Crippen LogP contribution >= 0.6 is 0 Å². The monoisotopic (exact) mass is 472 g/mol. The Balaban J connectivity index is 1.48. The highest BCUT2D eigenvalue weighted by Gasteiger charge is 2.25. The van der Waals surface area contributed by atoms with Crippen LogP contribution in [0.25, 0.3) is 0 Å². The minimum Gasteiger partial charge on any atom is -0.462 e. The number of piperidine rings is 1. The predicted octanol–water partition coefficient (Wildman–Crippen LogP) is 4.39. The Morgan fingerprint density at radius 3 is 2.27 bits per heavy atom. The molecule has 1 saturated heterocycles. The summed E-state index contributed by atoms with van der Waals surface area (Å²) in [6.45, 7) is 3.58. The number of hydrogen-bond acceptors (Lipinski definition) is 5. The summed E-state index contributed by atoms with van der Waals surface area (Å²) in [6, 6.07) is 13.4. The first-order chi connectivity index (χ1) is 15.9. The van der Waals surface area contributed by atoms with Crippen molar-refractivity contribution in [2.45, 2.75) is 56.8 Å². The largest absolute Gasteiger partial charge is 0.462 e. The number of aryl methyl sites for hydroxylation is 1. The van der Waals surface area contributed by atoms with Crippen LogP contribution in [0.4, 0.5) is 5.69 Å². The van der Waals surface area contributed by atoms with E-state index in [2.05, 4.69) is 5.32 Å².